The lowest BCUT2D eigenvalue weighted by Gasteiger charge is -2.43. The van der Waals surface area contributed by atoms with Crippen molar-refractivity contribution in [2.75, 3.05) is 45.4 Å². The van der Waals surface area contributed by atoms with Crippen LogP contribution in [0.25, 0.3) is 0 Å². The number of thioether (sulfide) groups is 1. The second kappa shape index (κ2) is 9.55. The van der Waals surface area contributed by atoms with Gasteiger partial charge in [-0.05, 0) is 30.5 Å². The molecule has 0 atom stereocenters. The van der Waals surface area contributed by atoms with Crippen molar-refractivity contribution in [1.29, 1.82) is 0 Å². The fourth-order valence-corrected chi connectivity index (χ4v) is 5.05. The van der Waals surface area contributed by atoms with Crippen molar-refractivity contribution in [2.24, 2.45) is 10.7 Å². The Bertz CT molecular complexity index is 641. The molecule has 0 aromatic heterocycles. The Morgan fingerprint density at radius 1 is 1.19 bits per heavy atom. The fraction of sp³-hybridized carbons (Fsp3) is 0.650. The Balaban J connectivity index is 1.58. The molecule has 0 unspecified atom stereocenters. The monoisotopic (exact) mass is 392 g/mol. The minimum atomic E-state index is 0.254. The van der Waals surface area contributed by atoms with E-state index in [9.17, 15) is 0 Å². The molecular weight excluding hydrogens is 360 g/mol. The maximum atomic E-state index is 6.18. The third kappa shape index (κ3) is 5.02. The molecule has 0 amide bonds. The smallest absolute Gasteiger partial charge is 0.188 e. The van der Waals surface area contributed by atoms with Gasteiger partial charge >= 0.3 is 0 Å². The van der Waals surface area contributed by atoms with Gasteiger partial charge < -0.3 is 20.5 Å². The molecule has 2 fully saturated rings. The molecule has 1 heterocycles. The van der Waals surface area contributed by atoms with Crippen LogP contribution in [-0.2, 0) is 6.54 Å². The summed E-state index contributed by atoms with van der Waals surface area (Å²) in [5.74, 6) is 4.43. The number of rotatable bonds is 7. The van der Waals surface area contributed by atoms with Gasteiger partial charge in [-0.15, -0.1) is 0 Å². The Labute approximate surface area is 166 Å². The SMILES string of the molecule is COc1ccc(CN=C(N)NCC2(N3CCSCC3)CCCC2)cc1OC. The number of aliphatic imine (C=N–C) groups is 1. The molecule has 0 radical (unpaired) electrons. The van der Waals surface area contributed by atoms with Crippen molar-refractivity contribution < 1.29 is 9.47 Å². The topological polar surface area (TPSA) is 72.1 Å². The average Bonchev–Trinajstić information content (AvgIpc) is 3.21. The molecule has 27 heavy (non-hydrogen) atoms. The van der Waals surface area contributed by atoms with Crippen LogP contribution < -0.4 is 20.5 Å². The largest absolute Gasteiger partial charge is 0.493 e. The molecular formula is C20H32N4O2S. The molecule has 1 saturated carbocycles. The first kappa shape index (κ1) is 20.1. The summed E-state index contributed by atoms with van der Waals surface area (Å²) in [6.07, 6.45) is 5.14. The Morgan fingerprint density at radius 2 is 1.89 bits per heavy atom. The van der Waals surface area contributed by atoms with E-state index >= 15 is 0 Å². The van der Waals surface area contributed by atoms with Crippen molar-refractivity contribution in [1.82, 2.24) is 10.2 Å². The van der Waals surface area contributed by atoms with Crippen LogP contribution in [0.2, 0.25) is 0 Å². The van der Waals surface area contributed by atoms with E-state index in [0.29, 0.717) is 18.3 Å². The summed E-state index contributed by atoms with van der Waals surface area (Å²) in [5.41, 5.74) is 7.47. The molecule has 1 aliphatic heterocycles. The standard InChI is InChI=1S/C20H32N4O2S/c1-25-17-6-5-16(13-18(17)26-2)14-22-19(21)23-15-20(7-3-4-8-20)24-9-11-27-12-10-24/h5-6,13H,3-4,7-12,14-15H2,1-2H3,(H3,21,22,23). The van der Waals surface area contributed by atoms with Crippen LogP contribution in [0.1, 0.15) is 31.2 Å². The number of benzene rings is 1. The summed E-state index contributed by atoms with van der Waals surface area (Å²) >= 11 is 2.06. The first-order valence-corrected chi connectivity index (χ1v) is 10.9. The molecule has 1 aromatic carbocycles. The average molecular weight is 393 g/mol. The normalized spacial score (nSPS) is 20.4. The molecule has 0 spiro atoms. The number of nitrogens with one attached hydrogen (secondary N) is 1. The van der Waals surface area contributed by atoms with Crippen LogP contribution in [-0.4, -0.2) is 61.8 Å². The predicted molar refractivity (Wildman–Crippen MR) is 113 cm³/mol. The van der Waals surface area contributed by atoms with Crippen molar-refractivity contribution >= 4 is 17.7 Å². The lowest BCUT2D eigenvalue weighted by atomic mass is 9.94. The molecule has 3 N–H and O–H groups in total. The maximum absolute atomic E-state index is 6.18. The Kier molecular flexibility index (Phi) is 7.13. The van der Waals surface area contributed by atoms with Gasteiger partial charge in [0.2, 0.25) is 0 Å². The lowest BCUT2D eigenvalue weighted by molar-refractivity contribution is 0.107. The fourth-order valence-electron chi connectivity index (χ4n) is 4.14. The van der Waals surface area contributed by atoms with E-state index in [0.717, 1.165) is 17.9 Å². The highest BCUT2D eigenvalue weighted by Crippen LogP contribution is 2.36. The molecule has 7 heteroatoms. The van der Waals surface area contributed by atoms with Crippen molar-refractivity contribution in [3.05, 3.63) is 23.8 Å². The van der Waals surface area contributed by atoms with E-state index in [2.05, 4.69) is 27.0 Å². The molecule has 150 valence electrons. The minimum absolute atomic E-state index is 0.254. The highest BCUT2D eigenvalue weighted by atomic mass is 32.2. The predicted octanol–water partition coefficient (Wildman–Crippen LogP) is 2.47. The van der Waals surface area contributed by atoms with E-state index in [1.165, 1.54) is 50.3 Å². The van der Waals surface area contributed by atoms with Gasteiger partial charge in [-0.3, -0.25) is 4.90 Å². The molecule has 1 aromatic rings. The minimum Gasteiger partial charge on any atom is -0.493 e. The van der Waals surface area contributed by atoms with Gasteiger partial charge in [-0.25, -0.2) is 4.99 Å². The number of hydrogen-bond acceptors (Lipinski definition) is 5. The number of nitrogens with zero attached hydrogens (tertiary/aromatic N) is 2. The van der Waals surface area contributed by atoms with Crippen LogP contribution in [0.15, 0.2) is 23.2 Å². The Morgan fingerprint density at radius 3 is 2.56 bits per heavy atom. The second-order valence-electron chi connectivity index (χ2n) is 7.28. The summed E-state index contributed by atoms with van der Waals surface area (Å²) in [6.45, 7) is 3.79. The van der Waals surface area contributed by atoms with Gasteiger partial charge in [-0.2, -0.15) is 11.8 Å². The molecule has 2 aliphatic rings. The lowest BCUT2D eigenvalue weighted by Crippen LogP contribution is -2.57. The van der Waals surface area contributed by atoms with E-state index in [-0.39, 0.29) is 5.54 Å². The Hall–Kier alpha value is -1.60. The van der Waals surface area contributed by atoms with E-state index < -0.39 is 0 Å². The van der Waals surface area contributed by atoms with Crippen molar-refractivity contribution in [3.8, 4) is 11.5 Å². The van der Waals surface area contributed by atoms with Gasteiger partial charge in [0.1, 0.15) is 0 Å². The number of ether oxygens (including phenoxy) is 2. The number of nitrogens with two attached hydrogens (primary N) is 1. The van der Waals surface area contributed by atoms with Crippen LogP contribution in [0, 0.1) is 0 Å². The summed E-state index contributed by atoms with van der Waals surface area (Å²) in [6, 6.07) is 5.83. The van der Waals surface area contributed by atoms with Crippen LogP contribution in [0.4, 0.5) is 0 Å². The zero-order valence-corrected chi connectivity index (χ0v) is 17.3. The van der Waals surface area contributed by atoms with Gasteiger partial charge in [0.05, 0.1) is 20.8 Å². The first-order valence-electron chi connectivity index (χ1n) is 9.74. The van der Waals surface area contributed by atoms with Gasteiger partial charge in [-0.1, -0.05) is 18.9 Å². The van der Waals surface area contributed by atoms with Crippen LogP contribution in [0.5, 0.6) is 11.5 Å². The zero-order valence-electron chi connectivity index (χ0n) is 16.5. The molecule has 3 rings (SSSR count). The number of guanidine groups is 1. The zero-order chi connectivity index (χ0) is 19.1. The molecule has 6 nitrogen and oxygen atoms in total. The van der Waals surface area contributed by atoms with Gasteiger partial charge in [0.25, 0.3) is 0 Å². The highest BCUT2D eigenvalue weighted by Gasteiger charge is 2.39. The highest BCUT2D eigenvalue weighted by molar-refractivity contribution is 7.99. The summed E-state index contributed by atoms with van der Waals surface area (Å²) in [5, 5.41) is 3.41. The van der Waals surface area contributed by atoms with Gasteiger partial charge in [0, 0.05) is 36.7 Å². The van der Waals surface area contributed by atoms with E-state index in [1.807, 2.05) is 18.2 Å². The van der Waals surface area contributed by atoms with Crippen molar-refractivity contribution in [3.63, 3.8) is 0 Å². The van der Waals surface area contributed by atoms with E-state index in [4.69, 9.17) is 15.2 Å². The second-order valence-corrected chi connectivity index (χ2v) is 8.50. The van der Waals surface area contributed by atoms with Crippen LogP contribution in [0.3, 0.4) is 0 Å². The van der Waals surface area contributed by atoms with Crippen molar-refractivity contribution in [2.45, 2.75) is 37.8 Å². The molecule has 1 saturated heterocycles. The first-order chi connectivity index (χ1) is 13.2. The maximum Gasteiger partial charge on any atom is 0.188 e. The number of hydrogen-bond donors (Lipinski definition) is 2. The quantitative estimate of drug-likeness (QED) is 0.549. The molecule has 0 bridgehead atoms. The van der Waals surface area contributed by atoms with E-state index in [1.54, 1.807) is 14.2 Å². The summed E-state index contributed by atoms with van der Waals surface area (Å²) in [7, 11) is 3.28. The number of methoxy groups -OCH3 is 2. The van der Waals surface area contributed by atoms with Gasteiger partial charge in [0.15, 0.2) is 17.5 Å². The third-order valence-electron chi connectivity index (χ3n) is 5.69. The van der Waals surface area contributed by atoms with Crippen LogP contribution >= 0.6 is 11.8 Å². The summed E-state index contributed by atoms with van der Waals surface area (Å²) < 4.78 is 10.6. The third-order valence-corrected chi connectivity index (χ3v) is 6.64. The summed E-state index contributed by atoms with van der Waals surface area (Å²) in [4.78, 5) is 7.21. The molecule has 1 aliphatic carbocycles.